The van der Waals surface area contributed by atoms with Gasteiger partial charge in [-0.15, -0.1) is 4.48 Å². The summed E-state index contributed by atoms with van der Waals surface area (Å²) in [6.45, 7) is 1.91. The highest BCUT2D eigenvalue weighted by atomic mass is 19.2. The minimum atomic E-state index is -1.14. The Labute approximate surface area is 128 Å². The molecule has 2 rings (SSSR count). The van der Waals surface area contributed by atoms with Gasteiger partial charge in [0.15, 0.2) is 0 Å². The van der Waals surface area contributed by atoms with Crippen molar-refractivity contribution in [3.8, 4) is 0 Å². The Morgan fingerprint density at radius 2 is 1.43 bits per heavy atom. The van der Waals surface area contributed by atoms with Crippen molar-refractivity contribution in [1.29, 1.82) is 0 Å². The maximum Gasteiger partial charge on any atom is 0.315 e. The first-order valence-electron chi connectivity index (χ1n) is 6.38. The summed E-state index contributed by atoms with van der Waals surface area (Å²) in [5.74, 6) is -0.634. The molecule has 2 aromatic rings. The Kier molecular flexibility index (Phi) is 5.22. The minimum Gasteiger partial charge on any atom is -0.357 e. The molecule has 0 spiro atoms. The van der Waals surface area contributed by atoms with Crippen molar-refractivity contribution in [3.63, 3.8) is 0 Å². The van der Waals surface area contributed by atoms with E-state index in [9.17, 15) is 13.3 Å². The molecule has 124 valence electrons. The van der Waals surface area contributed by atoms with E-state index in [4.69, 9.17) is 0 Å². The van der Waals surface area contributed by atoms with Crippen molar-refractivity contribution in [3.05, 3.63) is 12.2 Å². The fraction of sp³-hybridized carbons (Fsp3) is 0.400. The molecular formula is C10H13F3N10. The van der Waals surface area contributed by atoms with Crippen LogP contribution in [0.15, 0.2) is 0 Å². The Morgan fingerprint density at radius 1 is 0.870 bits per heavy atom. The molecule has 2 heterocycles. The zero-order chi connectivity index (χ0) is 16.8. The number of hydrogen-bond acceptors (Lipinski definition) is 10. The molecule has 0 bridgehead atoms. The van der Waals surface area contributed by atoms with Gasteiger partial charge in [0.25, 0.3) is 5.95 Å². The van der Waals surface area contributed by atoms with Gasteiger partial charge >= 0.3 is 12.2 Å². The maximum atomic E-state index is 13.2. The fourth-order valence-corrected chi connectivity index (χ4v) is 1.51. The van der Waals surface area contributed by atoms with Gasteiger partial charge in [-0.3, -0.25) is 0 Å². The number of anilines is 4. The summed E-state index contributed by atoms with van der Waals surface area (Å²) in [7, 11) is 1.54. The monoisotopic (exact) mass is 330 g/mol. The first kappa shape index (κ1) is 16.4. The smallest absolute Gasteiger partial charge is 0.315 e. The summed E-state index contributed by atoms with van der Waals surface area (Å²) in [6.07, 6.45) is -2.08. The van der Waals surface area contributed by atoms with Crippen molar-refractivity contribution < 1.29 is 13.3 Å². The molecule has 0 amide bonds. The summed E-state index contributed by atoms with van der Waals surface area (Å²) < 4.78 is 38.4. The first-order chi connectivity index (χ1) is 11.0. The average Bonchev–Trinajstić information content (AvgIpc) is 2.51. The predicted octanol–water partition coefficient (Wildman–Crippen LogP) is 0.585. The molecule has 0 aliphatic rings. The summed E-state index contributed by atoms with van der Waals surface area (Å²) in [6, 6.07) is -0.317. The van der Waals surface area contributed by atoms with Crippen LogP contribution >= 0.6 is 0 Å². The number of rotatable bonds is 7. The summed E-state index contributed by atoms with van der Waals surface area (Å²) >= 11 is 0. The van der Waals surface area contributed by atoms with Gasteiger partial charge in [-0.2, -0.15) is 44.2 Å². The van der Waals surface area contributed by atoms with E-state index in [1.54, 1.807) is 6.92 Å². The third-order valence-electron chi connectivity index (χ3n) is 2.47. The average molecular weight is 330 g/mol. The number of nitrogens with one attached hydrogen (secondary N) is 4. The molecule has 0 aromatic carbocycles. The SMILES string of the molecule is CNc1nc(F)nc(NC(C)CNc2nc(F)nc(NF)n2)n1. The fourth-order valence-electron chi connectivity index (χ4n) is 1.51. The lowest BCUT2D eigenvalue weighted by Gasteiger charge is -2.14. The zero-order valence-corrected chi connectivity index (χ0v) is 12.1. The molecule has 13 heteroatoms. The van der Waals surface area contributed by atoms with Crippen LogP contribution in [0.2, 0.25) is 0 Å². The number of hydrogen-bond donors (Lipinski definition) is 4. The van der Waals surface area contributed by atoms with E-state index in [0.29, 0.717) is 0 Å². The Hall–Kier alpha value is -2.99. The van der Waals surface area contributed by atoms with Crippen LogP contribution in [-0.4, -0.2) is 49.5 Å². The van der Waals surface area contributed by atoms with E-state index in [-0.39, 0.29) is 30.4 Å². The predicted molar refractivity (Wildman–Crippen MR) is 75.4 cm³/mol. The highest BCUT2D eigenvalue weighted by molar-refractivity contribution is 5.35. The van der Waals surface area contributed by atoms with E-state index in [1.165, 1.54) is 7.05 Å². The van der Waals surface area contributed by atoms with Crippen molar-refractivity contribution in [2.45, 2.75) is 13.0 Å². The normalized spacial score (nSPS) is 11.7. The van der Waals surface area contributed by atoms with Gasteiger partial charge in [0.05, 0.1) is 0 Å². The molecule has 0 aliphatic heterocycles. The molecular weight excluding hydrogens is 317 g/mol. The molecule has 10 nitrogen and oxygen atoms in total. The summed E-state index contributed by atoms with van der Waals surface area (Å²) in [5.41, 5.74) is 1.12. The van der Waals surface area contributed by atoms with Crippen LogP contribution in [0.3, 0.4) is 0 Å². The lowest BCUT2D eigenvalue weighted by Crippen LogP contribution is -2.27. The number of halogens is 3. The molecule has 1 unspecified atom stereocenters. The minimum absolute atomic E-state index is 0.0177. The van der Waals surface area contributed by atoms with Crippen molar-refractivity contribution in [1.82, 2.24) is 29.9 Å². The Bertz CT molecular complexity index is 669. The number of aromatic nitrogens is 6. The van der Waals surface area contributed by atoms with Crippen molar-refractivity contribution >= 4 is 23.8 Å². The maximum absolute atomic E-state index is 13.2. The van der Waals surface area contributed by atoms with Gasteiger partial charge in [-0.05, 0) is 6.92 Å². The van der Waals surface area contributed by atoms with Crippen molar-refractivity contribution in [2.24, 2.45) is 0 Å². The quantitative estimate of drug-likeness (QED) is 0.536. The highest BCUT2D eigenvalue weighted by Gasteiger charge is 2.10. The van der Waals surface area contributed by atoms with Gasteiger partial charge in [-0.1, -0.05) is 0 Å². The van der Waals surface area contributed by atoms with Gasteiger partial charge < -0.3 is 16.0 Å². The van der Waals surface area contributed by atoms with E-state index < -0.39 is 18.1 Å². The third kappa shape index (κ3) is 4.76. The molecule has 0 radical (unpaired) electrons. The van der Waals surface area contributed by atoms with Gasteiger partial charge in [0, 0.05) is 19.6 Å². The van der Waals surface area contributed by atoms with Gasteiger partial charge in [0.1, 0.15) is 0 Å². The van der Waals surface area contributed by atoms with Crippen LogP contribution in [-0.2, 0) is 0 Å². The second-order valence-corrected chi connectivity index (χ2v) is 4.27. The highest BCUT2D eigenvalue weighted by Crippen LogP contribution is 2.07. The van der Waals surface area contributed by atoms with Crippen LogP contribution in [0.4, 0.5) is 37.1 Å². The topological polar surface area (TPSA) is 125 Å². The van der Waals surface area contributed by atoms with Crippen LogP contribution in [0, 0.1) is 12.2 Å². The van der Waals surface area contributed by atoms with E-state index in [1.807, 2.05) is 0 Å². The van der Waals surface area contributed by atoms with Crippen LogP contribution in [0.25, 0.3) is 0 Å². The summed E-state index contributed by atoms with van der Waals surface area (Å²) in [5, 5.41) is 8.07. The van der Waals surface area contributed by atoms with Crippen LogP contribution in [0.1, 0.15) is 6.92 Å². The molecule has 2 aromatic heterocycles. The molecule has 0 saturated carbocycles. The van der Waals surface area contributed by atoms with Gasteiger partial charge in [0.2, 0.25) is 17.8 Å². The second kappa shape index (κ2) is 7.33. The molecule has 1 atom stereocenters. The Morgan fingerprint density at radius 3 is 2.09 bits per heavy atom. The van der Waals surface area contributed by atoms with E-state index in [0.717, 1.165) is 5.54 Å². The summed E-state index contributed by atoms with van der Waals surface area (Å²) in [4.78, 5) is 20.8. The van der Waals surface area contributed by atoms with Crippen LogP contribution < -0.4 is 21.5 Å². The lowest BCUT2D eigenvalue weighted by molar-refractivity contribution is 0.523. The van der Waals surface area contributed by atoms with E-state index >= 15 is 0 Å². The standard InChI is InChI=1S/C10H13F3N10/c1-4(16-9-19-5(11)17-7(14-2)21-9)3-15-8-18-6(12)20-10(22-8)23-13/h4H,3H2,1-2H3,(H2,14,16,17,19,21)(H2,15,18,20,22,23). The Balaban J connectivity index is 1.96. The van der Waals surface area contributed by atoms with Crippen molar-refractivity contribution in [2.75, 3.05) is 35.1 Å². The molecule has 0 fully saturated rings. The molecule has 0 aliphatic carbocycles. The largest absolute Gasteiger partial charge is 0.357 e. The zero-order valence-electron chi connectivity index (χ0n) is 12.1. The number of nitrogens with zero attached hydrogens (tertiary/aromatic N) is 6. The second-order valence-electron chi connectivity index (χ2n) is 4.27. The molecule has 4 N–H and O–H groups in total. The first-order valence-corrected chi connectivity index (χ1v) is 6.38. The molecule has 23 heavy (non-hydrogen) atoms. The third-order valence-corrected chi connectivity index (χ3v) is 2.47. The molecule has 0 saturated heterocycles. The van der Waals surface area contributed by atoms with E-state index in [2.05, 4.69) is 45.9 Å². The van der Waals surface area contributed by atoms with Gasteiger partial charge in [-0.25, -0.2) is 0 Å². The lowest BCUT2D eigenvalue weighted by atomic mass is 10.3. The van der Waals surface area contributed by atoms with Crippen LogP contribution in [0.5, 0.6) is 0 Å².